The van der Waals surface area contributed by atoms with Gasteiger partial charge in [-0.2, -0.15) is 0 Å². The number of fused-ring (bicyclic) bond motifs is 1. The molecule has 3 aromatic rings. The molecule has 0 unspecified atom stereocenters. The second kappa shape index (κ2) is 8.31. The van der Waals surface area contributed by atoms with Gasteiger partial charge >= 0.3 is 0 Å². The van der Waals surface area contributed by atoms with E-state index in [-0.39, 0.29) is 6.04 Å². The Kier molecular flexibility index (Phi) is 6.04. The van der Waals surface area contributed by atoms with Gasteiger partial charge in [0.15, 0.2) is 0 Å². The first-order valence-corrected chi connectivity index (χ1v) is 10.1. The zero-order chi connectivity index (χ0) is 20.4. The largest absolute Gasteiger partial charge is 0.383 e. The average Bonchev–Trinajstić information content (AvgIpc) is 3.02. The number of nitrogens with zero attached hydrogens (tertiary/aromatic N) is 3. The molecule has 5 nitrogen and oxygen atoms in total. The van der Waals surface area contributed by atoms with Gasteiger partial charge in [0.2, 0.25) is 0 Å². The number of anilines is 1. The van der Waals surface area contributed by atoms with Gasteiger partial charge in [-0.05, 0) is 55.5 Å². The Hall–Kier alpha value is -2.40. The van der Waals surface area contributed by atoms with Crippen LogP contribution >= 0.6 is 0 Å². The third kappa shape index (κ3) is 3.63. The van der Waals surface area contributed by atoms with Gasteiger partial charge in [0, 0.05) is 31.6 Å². The molecule has 0 saturated carbocycles. The molecule has 0 amide bonds. The van der Waals surface area contributed by atoms with Gasteiger partial charge in [0.1, 0.15) is 5.82 Å². The molecule has 0 bridgehead atoms. The summed E-state index contributed by atoms with van der Waals surface area (Å²) in [6.45, 7) is 11.5. The van der Waals surface area contributed by atoms with E-state index < -0.39 is 0 Å². The van der Waals surface area contributed by atoms with Crippen molar-refractivity contribution in [3.05, 3.63) is 41.2 Å². The first kappa shape index (κ1) is 20.3. The zero-order valence-electron chi connectivity index (χ0n) is 18.1. The molecule has 3 aromatic heterocycles. The van der Waals surface area contributed by atoms with E-state index in [9.17, 15) is 0 Å². The third-order valence-corrected chi connectivity index (χ3v) is 5.33. The van der Waals surface area contributed by atoms with Crippen molar-refractivity contribution in [3.63, 3.8) is 0 Å². The Morgan fingerprint density at radius 1 is 1.18 bits per heavy atom. The lowest BCUT2D eigenvalue weighted by Gasteiger charge is -2.17. The summed E-state index contributed by atoms with van der Waals surface area (Å²) in [6.07, 6.45) is 3.10. The fraction of sp³-hybridized carbons (Fsp3) is 0.478. The van der Waals surface area contributed by atoms with Crippen molar-refractivity contribution in [2.75, 3.05) is 26.1 Å². The second-order valence-electron chi connectivity index (χ2n) is 7.78. The number of ether oxygens (including phenoxy) is 1. The predicted molar refractivity (Wildman–Crippen MR) is 117 cm³/mol. The summed E-state index contributed by atoms with van der Waals surface area (Å²) in [5.74, 6) is 1.28. The maximum Gasteiger partial charge on any atom is 0.135 e. The van der Waals surface area contributed by atoms with Crippen molar-refractivity contribution < 1.29 is 4.74 Å². The molecule has 1 atom stereocenters. The molecule has 3 rings (SSSR count). The fourth-order valence-electron chi connectivity index (χ4n) is 3.74. The molecular formula is C23H32N4O. The molecule has 0 aliphatic heterocycles. The minimum Gasteiger partial charge on any atom is -0.383 e. The lowest BCUT2D eigenvalue weighted by atomic mass is 10.0. The average molecular weight is 381 g/mol. The Morgan fingerprint density at radius 2 is 1.93 bits per heavy atom. The summed E-state index contributed by atoms with van der Waals surface area (Å²) in [5.41, 5.74) is 7.78. The van der Waals surface area contributed by atoms with E-state index in [2.05, 4.69) is 68.9 Å². The van der Waals surface area contributed by atoms with Gasteiger partial charge in [-0.15, -0.1) is 0 Å². The smallest absolute Gasteiger partial charge is 0.135 e. The molecule has 0 saturated heterocycles. The topological polar surface area (TPSA) is 52.0 Å². The van der Waals surface area contributed by atoms with Crippen molar-refractivity contribution in [1.29, 1.82) is 0 Å². The van der Waals surface area contributed by atoms with Crippen LogP contribution in [0.4, 0.5) is 5.82 Å². The quantitative estimate of drug-likeness (QED) is 0.601. The van der Waals surface area contributed by atoms with E-state index in [4.69, 9.17) is 14.7 Å². The van der Waals surface area contributed by atoms with Gasteiger partial charge in [0.05, 0.1) is 29.4 Å². The molecule has 28 heavy (non-hydrogen) atoms. The maximum atomic E-state index is 5.37. The Bertz CT molecular complexity index is 974. The van der Waals surface area contributed by atoms with Gasteiger partial charge in [0.25, 0.3) is 0 Å². The SMILES string of the molecule is CCc1cc2c(nc1-c1ccc(C(C)C)nc1NC)c(C)cn2[C@H](C)COC. The normalized spacial score (nSPS) is 12.7. The molecule has 5 heteroatoms. The van der Waals surface area contributed by atoms with Crippen LogP contribution in [0.3, 0.4) is 0 Å². The van der Waals surface area contributed by atoms with Crippen molar-refractivity contribution >= 4 is 16.9 Å². The zero-order valence-corrected chi connectivity index (χ0v) is 18.1. The number of hydrogen-bond acceptors (Lipinski definition) is 4. The summed E-state index contributed by atoms with van der Waals surface area (Å²) in [4.78, 5) is 9.95. The van der Waals surface area contributed by atoms with E-state index in [1.807, 2.05) is 7.05 Å². The molecule has 0 aliphatic rings. The number of methoxy groups -OCH3 is 1. The number of hydrogen-bond donors (Lipinski definition) is 1. The number of aromatic nitrogens is 3. The van der Waals surface area contributed by atoms with E-state index in [0.29, 0.717) is 12.5 Å². The maximum absolute atomic E-state index is 5.37. The molecule has 0 spiro atoms. The lowest BCUT2D eigenvalue weighted by molar-refractivity contribution is 0.164. The van der Waals surface area contributed by atoms with Crippen LogP contribution in [0.25, 0.3) is 22.3 Å². The van der Waals surface area contributed by atoms with E-state index in [1.165, 1.54) is 16.6 Å². The number of nitrogens with one attached hydrogen (secondary N) is 1. The van der Waals surface area contributed by atoms with Gasteiger partial charge in [-0.25, -0.2) is 9.97 Å². The molecule has 0 radical (unpaired) electrons. The van der Waals surface area contributed by atoms with Crippen LogP contribution in [0.15, 0.2) is 24.4 Å². The first-order valence-electron chi connectivity index (χ1n) is 10.1. The van der Waals surface area contributed by atoms with Crippen LogP contribution in [0.5, 0.6) is 0 Å². The molecular weight excluding hydrogens is 348 g/mol. The van der Waals surface area contributed by atoms with Crippen molar-refractivity contribution in [3.8, 4) is 11.3 Å². The van der Waals surface area contributed by atoms with Crippen molar-refractivity contribution in [2.24, 2.45) is 0 Å². The standard InChI is InChI=1S/C23H32N4O/c1-8-17-11-20-21(15(4)12-27(20)16(5)13-28-7)26-22(17)18-9-10-19(14(2)3)25-23(18)24-6/h9-12,14,16H,8,13H2,1-7H3,(H,24,25)/t16-/m1/s1. The Labute approximate surface area is 168 Å². The summed E-state index contributed by atoms with van der Waals surface area (Å²) in [7, 11) is 3.67. The summed E-state index contributed by atoms with van der Waals surface area (Å²) >= 11 is 0. The second-order valence-corrected chi connectivity index (χ2v) is 7.78. The van der Waals surface area contributed by atoms with Crippen LogP contribution < -0.4 is 5.32 Å². The number of pyridine rings is 2. The molecule has 3 heterocycles. The first-order chi connectivity index (χ1) is 13.4. The van der Waals surface area contributed by atoms with Gasteiger partial charge < -0.3 is 14.6 Å². The predicted octanol–water partition coefficient (Wildman–Crippen LogP) is 5.34. The highest BCUT2D eigenvalue weighted by molar-refractivity contribution is 5.86. The molecule has 1 N–H and O–H groups in total. The van der Waals surface area contributed by atoms with Crippen LogP contribution in [0.1, 0.15) is 56.5 Å². The highest BCUT2D eigenvalue weighted by Gasteiger charge is 2.18. The van der Waals surface area contributed by atoms with E-state index in [0.717, 1.165) is 34.7 Å². The number of aryl methyl sites for hydroxylation is 2. The molecule has 0 aromatic carbocycles. The van der Waals surface area contributed by atoms with E-state index >= 15 is 0 Å². The van der Waals surface area contributed by atoms with Crippen molar-refractivity contribution in [2.45, 2.75) is 53.0 Å². The minimum atomic E-state index is 0.262. The van der Waals surface area contributed by atoms with Crippen LogP contribution in [0, 0.1) is 6.92 Å². The molecule has 0 fully saturated rings. The molecule has 150 valence electrons. The summed E-state index contributed by atoms with van der Waals surface area (Å²) in [6, 6.07) is 6.82. The molecule has 0 aliphatic carbocycles. The minimum absolute atomic E-state index is 0.262. The monoisotopic (exact) mass is 380 g/mol. The third-order valence-electron chi connectivity index (χ3n) is 5.33. The lowest BCUT2D eigenvalue weighted by Crippen LogP contribution is -2.10. The highest BCUT2D eigenvalue weighted by atomic mass is 16.5. The van der Waals surface area contributed by atoms with Gasteiger partial charge in [-0.1, -0.05) is 20.8 Å². The van der Waals surface area contributed by atoms with Crippen LogP contribution in [0.2, 0.25) is 0 Å². The van der Waals surface area contributed by atoms with Crippen LogP contribution in [-0.4, -0.2) is 35.3 Å². The summed E-state index contributed by atoms with van der Waals surface area (Å²) < 4.78 is 7.65. The number of rotatable bonds is 7. The van der Waals surface area contributed by atoms with Crippen molar-refractivity contribution in [1.82, 2.24) is 14.5 Å². The fourth-order valence-corrected chi connectivity index (χ4v) is 3.74. The van der Waals surface area contributed by atoms with Gasteiger partial charge in [-0.3, -0.25) is 0 Å². The van der Waals surface area contributed by atoms with Crippen LogP contribution in [-0.2, 0) is 11.2 Å². The Balaban J connectivity index is 2.21. The van der Waals surface area contributed by atoms with E-state index in [1.54, 1.807) is 7.11 Å². The Morgan fingerprint density at radius 3 is 2.54 bits per heavy atom. The highest BCUT2D eigenvalue weighted by Crippen LogP contribution is 2.34. The summed E-state index contributed by atoms with van der Waals surface area (Å²) in [5, 5.41) is 3.27.